The summed E-state index contributed by atoms with van der Waals surface area (Å²) in [4.78, 5) is 2.61. The predicted molar refractivity (Wildman–Crippen MR) is 70.9 cm³/mol. The van der Waals surface area contributed by atoms with Crippen LogP contribution in [0, 0.1) is 5.92 Å². The summed E-state index contributed by atoms with van der Waals surface area (Å²) in [6.45, 7) is 5.78. The van der Waals surface area contributed by atoms with Crippen LogP contribution in [0.5, 0.6) is 0 Å². The summed E-state index contributed by atoms with van der Waals surface area (Å²) in [6.07, 6.45) is 2.69. The van der Waals surface area contributed by atoms with Crippen molar-refractivity contribution in [3.8, 4) is 0 Å². The first-order valence-corrected chi connectivity index (χ1v) is 7.26. The number of likely N-dealkylation sites (tertiary alicyclic amines) is 1. The third-order valence-corrected chi connectivity index (χ3v) is 4.65. The summed E-state index contributed by atoms with van der Waals surface area (Å²) in [6, 6.07) is 5.15. The zero-order chi connectivity index (χ0) is 11.8. The number of piperidine rings is 1. The largest absolute Gasteiger partial charge is 0.453 e. The highest BCUT2D eigenvalue weighted by atomic mass is 79.9. The maximum absolute atomic E-state index is 5.70. The van der Waals surface area contributed by atoms with E-state index in [1.807, 2.05) is 6.07 Å². The minimum Gasteiger partial charge on any atom is -0.453 e. The number of nitrogens with zero attached hydrogens (tertiary/aromatic N) is 1. The number of fused-ring (bicyclic) bond motifs is 1. The summed E-state index contributed by atoms with van der Waals surface area (Å²) < 4.78 is 6.53. The van der Waals surface area contributed by atoms with E-state index < -0.39 is 0 Å². The molecule has 3 nitrogen and oxygen atoms in total. The number of furan rings is 1. The van der Waals surface area contributed by atoms with E-state index in [1.54, 1.807) is 0 Å². The van der Waals surface area contributed by atoms with Crippen LogP contribution in [0.4, 0.5) is 0 Å². The van der Waals surface area contributed by atoms with Crippen LogP contribution < -0.4 is 5.32 Å². The molecule has 94 valence electrons. The highest BCUT2D eigenvalue weighted by Gasteiger charge is 2.37. The van der Waals surface area contributed by atoms with E-state index in [-0.39, 0.29) is 0 Å². The minimum absolute atomic E-state index is 0.383. The van der Waals surface area contributed by atoms with Crippen LogP contribution in [0.1, 0.15) is 31.6 Å². The van der Waals surface area contributed by atoms with Gasteiger partial charge in [0.15, 0.2) is 4.67 Å². The fraction of sp³-hybridized carbons (Fsp3) is 0.692. The average Bonchev–Trinajstić information content (AvgIpc) is 2.95. The van der Waals surface area contributed by atoms with Gasteiger partial charge >= 0.3 is 0 Å². The maximum Gasteiger partial charge on any atom is 0.169 e. The molecule has 2 fully saturated rings. The zero-order valence-corrected chi connectivity index (χ0v) is 11.7. The molecule has 3 rings (SSSR count). The molecule has 2 aliphatic rings. The van der Waals surface area contributed by atoms with E-state index in [0.29, 0.717) is 12.1 Å². The van der Waals surface area contributed by atoms with E-state index in [1.165, 1.54) is 25.9 Å². The topological polar surface area (TPSA) is 28.4 Å². The lowest BCUT2D eigenvalue weighted by molar-refractivity contribution is 0.0741. The Bertz CT molecular complexity index is 393. The van der Waals surface area contributed by atoms with Gasteiger partial charge in [0.1, 0.15) is 5.76 Å². The van der Waals surface area contributed by atoms with Gasteiger partial charge in [-0.3, -0.25) is 4.90 Å². The number of hydrogen-bond donors (Lipinski definition) is 1. The van der Waals surface area contributed by atoms with Crippen molar-refractivity contribution in [1.82, 2.24) is 10.2 Å². The van der Waals surface area contributed by atoms with Crippen LogP contribution >= 0.6 is 15.9 Å². The Hall–Kier alpha value is -0.320. The second-order valence-corrected chi connectivity index (χ2v) is 5.97. The highest BCUT2D eigenvalue weighted by molar-refractivity contribution is 9.10. The van der Waals surface area contributed by atoms with Crippen LogP contribution in [-0.2, 0) is 0 Å². The van der Waals surface area contributed by atoms with E-state index in [2.05, 4.69) is 39.1 Å². The summed E-state index contributed by atoms with van der Waals surface area (Å²) in [7, 11) is 0. The van der Waals surface area contributed by atoms with Crippen molar-refractivity contribution < 1.29 is 4.42 Å². The summed E-state index contributed by atoms with van der Waals surface area (Å²) in [5, 5.41) is 3.52. The minimum atomic E-state index is 0.383. The fourth-order valence-electron chi connectivity index (χ4n) is 3.30. The molecule has 1 N–H and O–H groups in total. The van der Waals surface area contributed by atoms with Crippen molar-refractivity contribution in [2.24, 2.45) is 5.92 Å². The third kappa shape index (κ3) is 2.18. The van der Waals surface area contributed by atoms with Crippen molar-refractivity contribution in [2.75, 3.05) is 19.6 Å². The standard InChI is InChI=1S/C13H19BrN2O/c1-9(12-4-5-13(14)17-12)16-6-2-3-10-7-15-8-11(10)16/h4-5,9-11,15H,2-3,6-8H2,1H3. The van der Waals surface area contributed by atoms with Crippen molar-refractivity contribution in [3.05, 3.63) is 22.6 Å². The lowest BCUT2D eigenvalue weighted by atomic mass is 9.90. The van der Waals surface area contributed by atoms with Crippen LogP contribution in [0.15, 0.2) is 21.2 Å². The van der Waals surface area contributed by atoms with E-state index in [0.717, 1.165) is 22.9 Å². The van der Waals surface area contributed by atoms with Crippen molar-refractivity contribution in [1.29, 1.82) is 0 Å². The second-order valence-electron chi connectivity index (χ2n) is 5.18. The van der Waals surface area contributed by atoms with Gasteiger partial charge in [0.2, 0.25) is 0 Å². The predicted octanol–water partition coefficient (Wildman–Crippen LogP) is 2.79. The van der Waals surface area contributed by atoms with E-state index >= 15 is 0 Å². The van der Waals surface area contributed by atoms with Crippen LogP contribution in [0.3, 0.4) is 0 Å². The zero-order valence-electron chi connectivity index (χ0n) is 10.2. The number of rotatable bonds is 2. The summed E-state index contributed by atoms with van der Waals surface area (Å²) in [5.74, 6) is 1.91. The van der Waals surface area contributed by atoms with Crippen molar-refractivity contribution in [3.63, 3.8) is 0 Å². The van der Waals surface area contributed by atoms with Crippen molar-refractivity contribution >= 4 is 15.9 Å². The first kappa shape index (κ1) is 11.8. The van der Waals surface area contributed by atoms with Crippen LogP contribution in [-0.4, -0.2) is 30.6 Å². The smallest absolute Gasteiger partial charge is 0.169 e. The van der Waals surface area contributed by atoms with E-state index in [4.69, 9.17) is 4.42 Å². The Kier molecular flexibility index (Phi) is 3.28. The molecular weight excluding hydrogens is 280 g/mol. The van der Waals surface area contributed by atoms with Gasteiger partial charge in [-0.05, 0) is 66.8 Å². The molecule has 3 heterocycles. The molecule has 3 atom stereocenters. The third-order valence-electron chi connectivity index (χ3n) is 4.22. The molecule has 0 bridgehead atoms. The fourth-order valence-corrected chi connectivity index (χ4v) is 3.62. The van der Waals surface area contributed by atoms with Gasteiger partial charge in [0.25, 0.3) is 0 Å². The van der Waals surface area contributed by atoms with Gasteiger partial charge in [-0.1, -0.05) is 0 Å². The van der Waals surface area contributed by atoms with Gasteiger partial charge in [0, 0.05) is 12.6 Å². The van der Waals surface area contributed by atoms with Gasteiger partial charge in [-0.25, -0.2) is 0 Å². The quantitative estimate of drug-likeness (QED) is 0.910. The molecule has 0 spiro atoms. The Morgan fingerprint density at radius 3 is 3.12 bits per heavy atom. The van der Waals surface area contributed by atoms with Crippen molar-refractivity contribution in [2.45, 2.75) is 31.8 Å². The van der Waals surface area contributed by atoms with Gasteiger partial charge in [-0.15, -0.1) is 0 Å². The van der Waals surface area contributed by atoms with Crippen LogP contribution in [0.25, 0.3) is 0 Å². The first-order valence-electron chi connectivity index (χ1n) is 6.47. The summed E-state index contributed by atoms with van der Waals surface area (Å²) >= 11 is 3.38. The highest BCUT2D eigenvalue weighted by Crippen LogP contribution is 2.34. The maximum atomic E-state index is 5.70. The molecule has 0 aliphatic carbocycles. The lowest BCUT2D eigenvalue weighted by Crippen LogP contribution is -2.46. The Labute approximate surface area is 111 Å². The molecule has 0 radical (unpaired) electrons. The molecular formula is C13H19BrN2O. The molecule has 4 heteroatoms. The number of halogens is 1. The van der Waals surface area contributed by atoms with Gasteiger partial charge in [-0.2, -0.15) is 0 Å². The van der Waals surface area contributed by atoms with Gasteiger partial charge < -0.3 is 9.73 Å². The Morgan fingerprint density at radius 1 is 1.47 bits per heavy atom. The molecule has 2 saturated heterocycles. The molecule has 0 aromatic carbocycles. The van der Waals surface area contributed by atoms with E-state index in [9.17, 15) is 0 Å². The first-order chi connectivity index (χ1) is 8.25. The Balaban J connectivity index is 1.78. The van der Waals surface area contributed by atoms with Gasteiger partial charge in [0.05, 0.1) is 6.04 Å². The molecule has 3 unspecified atom stereocenters. The molecule has 1 aromatic heterocycles. The Morgan fingerprint density at radius 2 is 2.35 bits per heavy atom. The molecule has 17 heavy (non-hydrogen) atoms. The normalized spacial score (nSPS) is 31.4. The number of nitrogens with one attached hydrogen (secondary N) is 1. The van der Waals surface area contributed by atoms with Crippen LogP contribution in [0.2, 0.25) is 0 Å². The number of hydrogen-bond acceptors (Lipinski definition) is 3. The monoisotopic (exact) mass is 298 g/mol. The molecule has 2 aliphatic heterocycles. The molecule has 0 amide bonds. The SMILES string of the molecule is CC(c1ccc(Br)o1)N1CCCC2CNCC21. The summed E-state index contributed by atoms with van der Waals surface area (Å²) in [5.41, 5.74) is 0. The molecule has 0 saturated carbocycles. The second kappa shape index (κ2) is 4.75. The average molecular weight is 299 g/mol. The lowest BCUT2D eigenvalue weighted by Gasteiger charge is -2.40. The molecule has 1 aromatic rings.